The maximum absolute atomic E-state index is 11.0. The third-order valence-electron chi connectivity index (χ3n) is 2.40. The summed E-state index contributed by atoms with van der Waals surface area (Å²) in [6.07, 6.45) is 0.876. The second-order valence-electron chi connectivity index (χ2n) is 3.17. The minimum Gasteiger partial charge on any atom is -0.365 e. The van der Waals surface area contributed by atoms with E-state index >= 15 is 0 Å². The fourth-order valence-electron chi connectivity index (χ4n) is 1.58. The van der Waals surface area contributed by atoms with E-state index in [2.05, 4.69) is 0 Å². The Balaban J connectivity index is 2.22. The van der Waals surface area contributed by atoms with Crippen molar-refractivity contribution in [1.29, 1.82) is 0 Å². The largest absolute Gasteiger partial charge is 0.365 e. The Hall–Kier alpha value is -0.0900. The van der Waals surface area contributed by atoms with Crippen molar-refractivity contribution in [3.8, 4) is 0 Å². The van der Waals surface area contributed by atoms with Gasteiger partial charge in [-0.25, -0.2) is 8.42 Å². The van der Waals surface area contributed by atoms with Crippen LogP contribution in [0.5, 0.6) is 0 Å². The van der Waals surface area contributed by atoms with E-state index in [4.69, 9.17) is 4.74 Å². The molecule has 2 aliphatic heterocycles. The molecule has 58 valence electrons. The highest BCUT2D eigenvalue weighted by molar-refractivity contribution is 7.91. The minimum atomic E-state index is -2.75. The van der Waals surface area contributed by atoms with E-state index in [1.165, 1.54) is 0 Å². The highest BCUT2D eigenvalue weighted by Gasteiger charge is 2.59. The fraction of sp³-hybridized carbons (Fsp3) is 1.00. The minimum absolute atomic E-state index is 0.171. The number of epoxide rings is 1. The van der Waals surface area contributed by atoms with Gasteiger partial charge in [-0.3, -0.25) is 0 Å². The normalized spacial score (nSPS) is 49.9. The molecule has 2 fully saturated rings. The Kier molecular flexibility index (Phi) is 1.03. The lowest BCUT2D eigenvalue weighted by atomic mass is 10.1. The summed E-state index contributed by atoms with van der Waals surface area (Å²) < 4.78 is 27.1. The van der Waals surface area contributed by atoms with Gasteiger partial charge in [0.1, 0.15) is 5.60 Å². The second-order valence-corrected chi connectivity index (χ2v) is 5.35. The molecular formula is C6H10O3S. The molecule has 0 radical (unpaired) electrons. The Morgan fingerprint density at radius 3 is 2.40 bits per heavy atom. The van der Waals surface area contributed by atoms with Crippen LogP contribution in [-0.2, 0) is 14.6 Å². The molecule has 0 aromatic rings. The summed E-state index contributed by atoms with van der Waals surface area (Å²) >= 11 is 0. The maximum Gasteiger partial charge on any atom is 0.153 e. The van der Waals surface area contributed by atoms with Gasteiger partial charge in [0.05, 0.1) is 17.6 Å². The zero-order valence-electron chi connectivity index (χ0n) is 5.83. The van der Waals surface area contributed by atoms with Gasteiger partial charge in [-0.2, -0.15) is 0 Å². The molecule has 0 N–H and O–H groups in total. The molecule has 0 amide bonds. The van der Waals surface area contributed by atoms with Crippen molar-refractivity contribution in [1.82, 2.24) is 0 Å². The summed E-state index contributed by atoms with van der Waals surface area (Å²) in [6, 6.07) is 0. The Morgan fingerprint density at radius 2 is 2.20 bits per heavy atom. The van der Waals surface area contributed by atoms with Crippen molar-refractivity contribution >= 4 is 9.84 Å². The Labute approximate surface area is 60.3 Å². The van der Waals surface area contributed by atoms with Gasteiger partial charge in [0, 0.05) is 0 Å². The van der Waals surface area contributed by atoms with Crippen molar-refractivity contribution < 1.29 is 13.2 Å². The lowest BCUT2D eigenvalue weighted by molar-refractivity contribution is 0.316. The van der Waals surface area contributed by atoms with Crippen LogP contribution in [0.2, 0.25) is 0 Å². The molecule has 3 nitrogen and oxygen atoms in total. The first kappa shape index (κ1) is 6.61. The van der Waals surface area contributed by atoms with Crippen LogP contribution < -0.4 is 0 Å². The van der Waals surface area contributed by atoms with Gasteiger partial charge in [0.15, 0.2) is 9.84 Å². The molecule has 4 heteroatoms. The summed E-state index contributed by atoms with van der Waals surface area (Å²) in [5.41, 5.74) is -0.251. The smallest absolute Gasteiger partial charge is 0.153 e. The van der Waals surface area contributed by atoms with Gasteiger partial charge >= 0.3 is 0 Å². The first-order valence-electron chi connectivity index (χ1n) is 3.42. The van der Waals surface area contributed by atoms with Crippen LogP contribution in [0.3, 0.4) is 0 Å². The summed E-state index contributed by atoms with van der Waals surface area (Å²) in [4.78, 5) is 0. The summed E-state index contributed by atoms with van der Waals surface area (Å²) in [5, 5.41) is 0. The molecule has 2 unspecified atom stereocenters. The molecule has 2 heterocycles. The predicted molar refractivity (Wildman–Crippen MR) is 36.5 cm³/mol. The molecule has 2 rings (SSSR count). The van der Waals surface area contributed by atoms with Crippen molar-refractivity contribution in [2.75, 3.05) is 11.5 Å². The third-order valence-corrected chi connectivity index (χ3v) is 4.15. The lowest BCUT2D eigenvalue weighted by Crippen LogP contribution is -2.15. The van der Waals surface area contributed by atoms with E-state index in [-0.39, 0.29) is 17.5 Å². The molecule has 2 saturated heterocycles. The van der Waals surface area contributed by atoms with Gasteiger partial charge in [0.2, 0.25) is 0 Å². The van der Waals surface area contributed by atoms with E-state index in [1.807, 2.05) is 6.92 Å². The van der Waals surface area contributed by atoms with Crippen LogP contribution in [0.1, 0.15) is 13.3 Å². The van der Waals surface area contributed by atoms with Crippen molar-refractivity contribution in [2.24, 2.45) is 0 Å². The summed E-state index contributed by atoms with van der Waals surface area (Å²) in [5.74, 6) is 0.568. The quantitative estimate of drug-likeness (QED) is 0.470. The van der Waals surface area contributed by atoms with Crippen molar-refractivity contribution in [2.45, 2.75) is 25.0 Å². The molecule has 0 aliphatic carbocycles. The number of ether oxygens (including phenoxy) is 1. The zero-order valence-corrected chi connectivity index (χ0v) is 6.65. The molecule has 2 aliphatic rings. The summed E-state index contributed by atoms with van der Waals surface area (Å²) in [6.45, 7) is 1.93. The topological polar surface area (TPSA) is 46.7 Å². The molecular weight excluding hydrogens is 152 g/mol. The van der Waals surface area contributed by atoms with Crippen molar-refractivity contribution in [3.63, 3.8) is 0 Å². The average Bonchev–Trinajstić information content (AvgIpc) is 2.25. The molecule has 0 saturated carbocycles. The Morgan fingerprint density at radius 1 is 1.60 bits per heavy atom. The monoisotopic (exact) mass is 162 g/mol. The molecule has 2 atom stereocenters. The number of rotatable bonds is 0. The highest BCUT2D eigenvalue weighted by Crippen LogP contribution is 2.44. The van der Waals surface area contributed by atoms with Crippen LogP contribution in [0.4, 0.5) is 0 Å². The third kappa shape index (κ3) is 0.787. The van der Waals surface area contributed by atoms with E-state index in [1.54, 1.807) is 0 Å². The van der Waals surface area contributed by atoms with E-state index in [0.29, 0.717) is 12.2 Å². The SMILES string of the molecule is CC1OC12CCS(=O)(=O)C2. The fourth-order valence-corrected chi connectivity index (χ4v) is 3.57. The summed E-state index contributed by atoms with van der Waals surface area (Å²) in [7, 11) is -2.75. The van der Waals surface area contributed by atoms with Crippen LogP contribution >= 0.6 is 0 Å². The number of hydrogen-bond donors (Lipinski definition) is 0. The predicted octanol–water partition coefficient (Wildman–Crippen LogP) is -0.0376. The van der Waals surface area contributed by atoms with Gasteiger partial charge in [-0.15, -0.1) is 0 Å². The first-order chi connectivity index (χ1) is 4.54. The highest BCUT2D eigenvalue weighted by atomic mass is 32.2. The first-order valence-corrected chi connectivity index (χ1v) is 5.25. The van der Waals surface area contributed by atoms with E-state index < -0.39 is 9.84 Å². The van der Waals surface area contributed by atoms with Gasteiger partial charge in [0.25, 0.3) is 0 Å². The molecule has 1 spiro atoms. The lowest BCUT2D eigenvalue weighted by Gasteiger charge is -1.94. The molecule has 0 aromatic heterocycles. The van der Waals surface area contributed by atoms with E-state index in [0.717, 1.165) is 0 Å². The molecule has 0 bridgehead atoms. The van der Waals surface area contributed by atoms with Gasteiger partial charge in [-0.1, -0.05) is 0 Å². The molecule has 0 aromatic carbocycles. The molecule has 10 heavy (non-hydrogen) atoms. The van der Waals surface area contributed by atoms with Crippen LogP contribution in [0, 0.1) is 0 Å². The van der Waals surface area contributed by atoms with Gasteiger partial charge in [-0.05, 0) is 13.3 Å². The second kappa shape index (κ2) is 1.56. The Bertz CT molecular complexity index is 256. The number of sulfone groups is 1. The van der Waals surface area contributed by atoms with Gasteiger partial charge < -0.3 is 4.74 Å². The van der Waals surface area contributed by atoms with E-state index in [9.17, 15) is 8.42 Å². The maximum atomic E-state index is 11.0. The average molecular weight is 162 g/mol. The zero-order chi connectivity index (χ0) is 7.41. The van der Waals surface area contributed by atoms with Crippen LogP contribution in [0.25, 0.3) is 0 Å². The number of hydrogen-bond acceptors (Lipinski definition) is 3. The van der Waals surface area contributed by atoms with Crippen molar-refractivity contribution in [3.05, 3.63) is 0 Å². The van der Waals surface area contributed by atoms with Crippen LogP contribution in [-0.4, -0.2) is 31.6 Å². The standard InChI is InChI=1S/C6H10O3S/c1-5-6(9-5)2-3-10(7,8)4-6/h5H,2-4H2,1H3. The van der Waals surface area contributed by atoms with Crippen LogP contribution in [0.15, 0.2) is 0 Å².